The van der Waals surface area contributed by atoms with Gasteiger partial charge in [0.15, 0.2) is 5.78 Å². The minimum Gasteiger partial charge on any atom is -0.494 e. The first kappa shape index (κ1) is 16.0. The maximum Gasteiger partial charge on any atom is 0.195 e. The molecular weight excluding hydrogens is 499 g/mol. The van der Waals surface area contributed by atoms with Gasteiger partial charge in [-0.3, -0.25) is 4.79 Å². The topological polar surface area (TPSA) is 26.3 Å². The zero-order chi connectivity index (χ0) is 14.7. The van der Waals surface area contributed by atoms with Gasteiger partial charge in [-0.2, -0.15) is 0 Å². The van der Waals surface area contributed by atoms with Crippen molar-refractivity contribution in [1.82, 2.24) is 0 Å². The van der Waals surface area contributed by atoms with Gasteiger partial charge in [-0.15, -0.1) is 0 Å². The van der Waals surface area contributed by atoms with E-state index in [9.17, 15) is 4.79 Å². The van der Waals surface area contributed by atoms with Crippen LogP contribution in [0.15, 0.2) is 45.3 Å². The highest BCUT2D eigenvalue weighted by Crippen LogP contribution is 2.28. The van der Waals surface area contributed by atoms with Crippen molar-refractivity contribution in [1.29, 1.82) is 0 Å². The second-order valence-corrected chi connectivity index (χ2v) is 6.98. The molecule has 2 rings (SSSR count). The number of benzene rings is 2. The van der Waals surface area contributed by atoms with Gasteiger partial charge in [0.25, 0.3) is 0 Å². The standard InChI is InChI=1S/C15H11Br2IO2/c1-2-20-10-4-5-11(14(17)8-10)15(19)12-7-9(18)3-6-13(12)16/h3-8H,2H2,1H3. The van der Waals surface area contributed by atoms with E-state index in [4.69, 9.17) is 4.74 Å². The van der Waals surface area contributed by atoms with E-state index in [0.717, 1.165) is 18.3 Å². The van der Waals surface area contributed by atoms with Crippen LogP contribution in [0.3, 0.4) is 0 Å². The van der Waals surface area contributed by atoms with Gasteiger partial charge in [0.2, 0.25) is 0 Å². The van der Waals surface area contributed by atoms with Crippen molar-refractivity contribution in [2.24, 2.45) is 0 Å². The smallest absolute Gasteiger partial charge is 0.195 e. The molecule has 0 aliphatic carbocycles. The molecule has 0 radical (unpaired) electrons. The van der Waals surface area contributed by atoms with Gasteiger partial charge in [0.05, 0.1) is 6.61 Å². The Hall–Kier alpha value is -0.400. The molecule has 0 aromatic heterocycles. The van der Waals surface area contributed by atoms with Crippen molar-refractivity contribution in [3.63, 3.8) is 0 Å². The average molecular weight is 510 g/mol. The highest BCUT2D eigenvalue weighted by atomic mass is 127. The highest BCUT2D eigenvalue weighted by Gasteiger charge is 2.16. The number of ketones is 1. The minimum absolute atomic E-state index is 0.0229. The summed E-state index contributed by atoms with van der Waals surface area (Å²) in [7, 11) is 0. The van der Waals surface area contributed by atoms with Crippen LogP contribution in [0.4, 0.5) is 0 Å². The van der Waals surface area contributed by atoms with E-state index < -0.39 is 0 Å². The first-order chi connectivity index (χ1) is 9.52. The summed E-state index contributed by atoms with van der Waals surface area (Å²) in [5.74, 6) is 0.725. The summed E-state index contributed by atoms with van der Waals surface area (Å²) in [5.41, 5.74) is 1.28. The Labute approximate surface area is 148 Å². The number of hydrogen-bond acceptors (Lipinski definition) is 2. The van der Waals surface area contributed by atoms with E-state index in [2.05, 4.69) is 54.5 Å². The minimum atomic E-state index is -0.0229. The third kappa shape index (κ3) is 3.62. The van der Waals surface area contributed by atoms with Crippen molar-refractivity contribution in [3.05, 3.63) is 60.0 Å². The molecule has 0 N–H and O–H groups in total. The van der Waals surface area contributed by atoms with Crippen LogP contribution < -0.4 is 4.74 Å². The zero-order valence-corrected chi connectivity index (χ0v) is 16.0. The Kier molecular flexibility index (Phi) is 5.63. The van der Waals surface area contributed by atoms with Crippen molar-refractivity contribution in [2.75, 3.05) is 6.61 Å². The fourth-order valence-corrected chi connectivity index (χ4v) is 3.21. The Morgan fingerprint density at radius 2 is 1.85 bits per heavy atom. The lowest BCUT2D eigenvalue weighted by Crippen LogP contribution is -2.04. The monoisotopic (exact) mass is 508 g/mol. The first-order valence-corrected chi connectivity index (χ1v) is 8.61. The Morgan fingerprint density at radius 1 is 1.10 bits per heavy atom. The lowest BCUT2D eigenvalue weighted by atomic mass is 10.0. The summed E-state index contributed by atoms with van der Waals surface area (Å²) >= 11 is 9.06. The summed E-state index contributed by atoms with van der Waals surface area (Å²) in [4.78, 5) is 12.6. The average Bonchev–Trinajstić information content (AvgIpc) is 2.41. The van der Waals surface area contributed by atoms with Crippen LogP contribution in [-0.2, 0) is 0 Å². The predicted molar refractivity (Wildman–Crippen MR) is 95.6 cm³/mol. The molecule has 0 fully saturated rings. The van der Waals surface area contributed by atoms with E-state index >= 15 is 0 Å². The molecule has 0 unspecified atom stereocenters. The molecule has 5 heteroatoms. The molecule has 0 bridgehead atoms. The van der Waals surface area contributed by atoms with Gasteiger partial charge in [-0.05, 0) is 81.8 Å². The number of ether oxygens (including phenoxy) is 1. The Bertz CT molecular complexity index is 656. The Morgan fingerprint density at radius 3 is 2.50 bits per heavy atom. The molecule has 0 aliphatic rings. The summed E-state index contributed by atoms with van der Waals surface area (Å²) < 4.78 is 7.97. The predicted octanol–water partition coefficient (Wildman–Crippen LogP) is 5.45. The van der Waals surface area contributed by atoms with Gasteiger partial charge < -0.3 is 4.74 Å². The molecule has 0 aliphatic heterocycles. The quantitative estimate of drug-likeness (QED) is 0.405. The highest BCUT2D eigenvalue weighted by molar-refractivity contribution is 14.1. The molecule has 2 aromatic rings. The van der Waals surface area contributed by atoms with E-state index in [-0.39, 0.29) is 5.78 Å². The van der Waals surface area contributed by atoms with Gasteiger partial charge in [0.1, 0.15) is 5.75 Å². The number of carbonyl (C=O) groups is 1. The number of rotatable bonds is 4. The molecule has 20 heavy (non-hydrogen) atoms. The molecule has 0 saturated heterocycles. The van der Waals surface area contributed by atoms with Crippen molar-refractivity contribution in [2.45, 2.75) is 6.92 Å². The molecule has 104 valence electrons. The van der Waals surface area contributed by atoms with Crippen LogP contribution in [0, 0.1) is 3.57 Å². The molecule has 2 nitrogen and oxygen atoms in total. The summed E-state index contributed by atoms with van der Waals surface area (Å²) in [6.45, 7) is 2.53. The number of halogens is 3. The first-order valence-electron chi connectivity index (χ1n) is 5.95. The van der Waals surface area contributed by atoms with Crippen molar-refractivity contribution in [3.8, 4) is 5.75 Å². The van der Waals surface area contributed by atoms with Crippen LogP contribution >= 0.6 is 54.5 Å². The largest absolute Gasteiger partial charge is 0.494 e. The third-order valence-corrected chi connectivity index (χ3v) is 4.69. The van der Waals surface area contributed by atoms with Gasteiger partial charge in [0, 0.05) is 23.6 Å². The molecule has 0 atom stereocenters. The van der Waals surface area contributed by atoms with Crippen LogP contribution in [0.25, 0.3) is 0 Å². The molecule has 0 spiro atoms. The van der Waals surface area contributed by atoms with E-state index in [1.165, 1.54) is 0 Å². The molecular formula is C15H11Br2IO2. The molecule has 0 heterocycles. The molecule has 0 amide bonds. The second-order valence-electron chi connectivity index (χ2n) is 4.03. The summed E-state index contributed by atoms with van der Waals surface area (Å²) in [5, 5.41) is 0. The maximum absolute atomic E-state index is 12.6. The fourth-order valence-electron chi connectivity index (χ4n) is 1.75. The summed E-state index contributed by atoms with van der Waals surface area (Å²) in [6.07, 6.45) is 0. The SMILES string of the molecule is CCOc1ccc(C(=O)c2cc(I)ccc2Br)c(Br)c1. The van der Waals surface area contributed by atoms with Crippen molar-refractivity contribution < 1.29 is 9.53 Å². The van der Waals surface area contributed by atoms with Gasteiger partial charge >= 0.3 is 0 Å². The van der Waals surface area contributed by atoms with Crippen LogP contribution in [-0.4, -0.2) is 12.4 Å². The zero-order valence-electron chi connectivity index (χ0n) is 10.6. The van der Waals surface area contributed by atoms with Crippen molar-refractivity contribution >= 4 is 60.2 Å². The third-order valence-electron chi connectivity index (χ3n) is 2.67. The van der Waals surface area contributed by atoms with E-state index in [1.807, 2.05) is 37.3 Å². The lowest BCUT2D eigenvalue weighted by Gasteiger charge is -2.09. The fraction of sp³-hybridized carbons (Fsp3) is 0.133. The second kappa shape index (κ2) is 7.04. The normalized spacial score (nSPS) is 10.4. The molecule has 0 saturated carbocycles. The molecule has 2 aromatic carbocycles. The van der Waals surface area contributed by atoms with Crippen LogP contribution in [0.5, 0.6) is 5.75 Å². The van der Waals surface area contributed by atoms with E-state index in [0.29, 0.717) is 17.7 Å². The maximum atomic E-state index is 12.6. The lowest BCUT2D eigenvalue weighted by molar-refractivity contribution is 0.103. The van der Waals surface area contributed by atoms with E-state index in [1.54, 1.807) is 6.07 Å². The number of hydrogen-bond donors (Lipinski definition) is 0. The van der Waals surface area contributed by atoms with Crippen LogP contribution in [0.1, 0.15) is 22.8 Å². The summed E-state index contributed by atoms with van der Waals surface area (Å²) in [6, 6.07) is 11.1. The Balaban J connectivity index is 2.40. The number of carbonyl (C=O) groups excluding carboxylic acids is 1. The van der Waals surface area contributed by atoms with Gasteiger partial charge in [-0.1, -0.05) is 15.9 Å². The van der Waals surface area contributed by atoms with Gasteiger partial charge in [-0.25, -0.2) is 0 Å². The van der Waals surface area contributed by atoms with Crippen LogP contribution in [0.2, 0.25) is 0 Å².